The first-order chi connectivity index (χ1) is 8.89. The number of nitrogens with zero attached hydrogens (tertiary/aromatic N) is 2. The van der Waals surface area contributed by atoms with Crippen molar-refractivity contribution in [3.63, 3.8) is 0 Å². The van der Waals surface area contributed by atoms with Crippen LogP contribution in [0.2, 0.25) is 0 Å². The van der Waals surface area contributed by atoms with Crippen LogP contribution in [0.4, 0.5) is 0 Å². The Labute approximate surface area is 118 Å². The van der Waals surface area contributed by atoms with Gasteiger partial charge in [0, 0.05) is 17.5 Å². The average molecular weight is 282 g/mol. The maximum Gasteiger partial charge on any atom is 0.265 e. The van der Waals surface area contributed by atoms with E-state index in [1.807, 2.05) is 20.8 Å². The third-order valence-electron chi connectivity index (χ3n) is 3.48. The summed E-state index contributed by atoms with van der Waals surface area (Å²) in [5.41, 5.74) is 0.627. The number of carbonyl (C=O) groups excluding carboxylic acids is 1. The van der Waals surface area contributed by atoms with E-state index in [9.17, 15) is 4.79 Å². The van der Waals surface area contributed by atoms with Gasteiger partial charge in [0.2, 0.25) is 0 Å². The first-order valence-corrected chi connectivity index (χ1v) is 7.54. The molecule has 2 unspecified atom stereocenters. The van der Waals surface area contributed by atoms with Crippen LogP contribution in [0, 0.1) is 0 Å². The van der Waals surface area contributed by atoms with Crippen molar-refractivity contribution in [1.29, 1.82) is 0 Å². The molecule has 0 radical (unpaired) electrons. The summed E-state index contributed by atoms with van der Waals surface area (Å²) in [4.78, 5) is 13.0. The van der Waals surface area contributed by atoms with Gasteiger partial charge in [-0.3, -0.25) is 4.79 Å². The van der Waals surface area contributed by atoms with Gasteiger partial charge in [0.1, 0.15) is 4.88 Å². The lowest BCUT2D eigenvalue weighted by Gasteiger charge is -2.30. The molecular weight excluding hydrogens is 260 g/mol. The molecule has 0 aliphatic carbocycles. The summed E-state index contributed by atoms with van der Waals surface area (Å²) in [6.07, 6.45) is 2.12. The molecule has 106 valence electrons. The monoisotopic (exact) mass is 282 g/mol. The summed E-state index contributed by atoms with van der Waals surface area (Å²) < 4.78 is 3.94. The topological polar surface area (TPSA) is 66.9 Å². The Morgan fingerprint density at radius 1 is 1.47 bits per heavy atom. The zero-order chi connectivity index (χ0) is 14.0. The van der Waals surface area contributed by atoms with Crippen LogP contribution in [0.15, 0.2) is 0 Å². The highest BCUT2D eigenvalue weighted by atomic mass is 32.1. The number of aromatic nitrogens is 2. The van der Waals surface area contributed by atoms with E-state index in [2.05, 4.69) is 27.1 Å². The summed E-state index contributed by atoms with van der Waals surface area (Å²) in [5.74, 6) is -0.0412. The summed E-state index contributed by atoms with van der Waals surface area (Å²) in [6.45, 7) is 9.28. The SMILES string of the molecule is CC1NCCCC1NC(=O)c1snnc1C(C)(C)C. The second kappa shape index (κ2) is 5.54. The lowest BCUT2D eigenvalue weighted by Crippen LogP contribution is -2.52. The highest BCUT2D eigenvalue weighted by molar-refractivity contribution is 7.08. The fraction of sp³-hybridized carbons (Fsp3) is 0.769. The molecule has 6 heteroatoms. The third-order valence-corrected chi connectivity index (χ3v) is 4.21. The molecule has 1 saturated heterocycles. The Morgan fingerprint density at radius 3 is 2.84 bits per heavy atom. The minimum Gasteiger partial charge on any atom is -0.347 e. The minimum absolute atomic E-state index is 0.0412. The fourth-order valence-corrected chi connectivity index (χ4v) is 3.08. The average Bonchev–Trinajstić information content (AvgIpc) is 2.81. The normalized spacial score (nSPS) is 24.2. The van der Waals surface area contributed by atoms with Gasteiger partial charge >= 0.3 is 0 Å². The summed E-state index contributed by atoms with van der Waals surface area (Å²) in [5, 5.41) is 10.6. The van der Waals surface area contributed by atoms with Crippen molar-refractivity contribution in [2.45, 2.75) is 58.0 Å². The molecule has 0 spiro atoms. The van der Waals surface area contributed by atoms with Crippen LogP contribution < -0.4 is 10.6 Å². The molecule has 5 nitrogen and oxygen atoms in total. The first kappa shape index (κ1) is 14.4. The van der Waals surface area contributed by atoms with Crippen LogP contribution in [0.5, 0.6) is 0 Å². The lowest BCUT2D eigenvalue weighted by molar-refractivity contribution is 0.0921. The number of piperidine rings is 1. The van der Waals surface area contributed by atoms with Crippen LogP contribution in [0.1, 0.15) is 55.9 Å². The van der Waals surface area contributed by atoms with Crippen LogP contribution in [-0.4, -0.2) is 34.1 Å². The van der Waals surface area contributed by atoms with E-state index in [4.69, 9.17) is 0 Å². The van der Waals surface area contributed by atoms with Crippen molar-refractivity contribution in [2.24, 2.45) is 0 Å². The highest BCUT2D eigenvalue weighted by Gasteiger charge is 2.29. The van der Waals surface area contributed by atoms with Gasteiger partial charge in [-0.25, -0.2) is 0 Å². The fourth-order valence-electron chi connectivity index (χ4n) is 2.31. The second-order valence-corrected chi connectivity index (χ2v) is 6.92. The molecule has 1 fully saturated rings. The number of hydrogen-bond donors (Lipinski definition) is 2. The minimum atomic E-state index is -0.157. The molecule has 1 aromatic rings. The van der Waals surface area contributed by atoms with Crippen LogP contribution in [0.25, 0.3) is 0 Å². The lowest BCUT2D eigenvalue weighted by atomic mass is 9.91. The van der Waals surface area contributed by atoms with E-state index < -0.39 is 0 Å². The van der Waals surface area contributed by atoms with Gasteiger partial charge in [-0.05, 0) is 37.8 Å². The smallest absolute Gasteiger partial charge is 0.265 e. The molecule has 2 atom stereocenters. The summed E-state index contributed by atoms with van der Waals surface area (Å²) >= 11 is 1.18. The second-order valence-electron chi connectivity index (χ2n) is 6.17. The third kappa shape index (κ3) is 3.30. The summed E-state index contributed by atoms with van der Waals surface area (Å²) in [7, 11) is 0. The molecule has 0 saturated carbocycles. The van der Waals surface area contributed by atoms with Crippen LogP contribution in [-0.2, 0) is 5.41 Å². The molecule has 2 N–H and O–H groups in total. The summed E-state index contributed by atoms with van der Waals surface area (Å²) in [6, 6.07) is 0.507. The number of rotatable bonds is 2. The molecule has 1 aromatic heterocycles. The van der Waals surface area contributed by atoms with Crippen molar-refractivity contribution in [3.05, 3.63) is 10.6 Å². The number of hydrogen-bond acceptors (Lipinski definition) is 5. The van der Waals surface area contributed by atoms with E-state index >= 15 is 0 Å². The molecular formula is C13H22N4OS. The molecule has 2 rings (SSSR count). The van der Waals surface area contributed by atoms with E-state index in [0.717, 1.165) is 25.1 Å². The molecule has 1 amide bonds. The number of carbonyl (C=O) groups is 1. The van der Waals surface area contributed by atoms with Gasteiger partial charge in [-0.1, -0.05) is 25.3 Å². The quantitative estimate of drug-likeness (QED) is 0.866. The Kier molecular flexibility index (Phi) is 4.20. The Bertz CT molecular complexity index is 452. The molecule has 0 bridgehead atoms. The standard InChI is InChI=1S/C13H22N4OS/c1-8-9(6-5-7-14-8)15-12(18)10-11(13(2,3)4)16-17-19-10/h8-9,14H,5-7H2,1-4H3,(H,15,18). The molecule has 1 aliphatic heterocycles. The predicted molar refractivity (Wildman–Crippen MR) is 76.6 cm³/mol. The zero-order valence-electron chi connectivity index (χ0n) is 12.0. The van der Waals surface area contributed by atoms with Crippen molar-refractivity contribution < 1.29 is 4.79 Å². The van der Waals surface area contributed by atoms with E-state index in [1.54, 1.807) is 0 Å². The van der Waals surface area contributed by atoms with Gasteiger partial charge in [0.25, 0.3) is 5.91 Å². The molecule has 1 aliphatic rings. The molecule has 0 aromatic carbocycles. The van der Waals surface area contributed by atoms with E-state index in [0.29, 0.717) is 10.9 Å². The maximum absolute atomic E-state index is 12.4. The first-order valence-electron chi connectivity index (χ1n) is 6.76. The van der Waals surface area contributed by atoms with Gasteiger partial charge in [-0.2, -0.15) is 0 Å². The van der Waals surface area contributed by atoms with Crippen molar-refractivity contribution in [1.82, 2.24) is 20.2 Å². The molecule has 19 heavy (non-hydrogen) atoms. The Hall–Kier alpha value is -1.01. The van der Waals surface area contributed by atoms with Crippen molar-refractivity contribution >= 4 is 17.4 Å². The number of nitrogens with one attached hydrogen (secondary N) is 2. The maximum atomic E-state index is 12.4. The van der Waals surface area contributed by atoms with Gasteiger partial charge in [-0.15, -0.1) is 5.10 Å². The van der Waals surface area contributed by atoms with Gasteiger partial charge < -0.3 is 10.6 Å². The largest absolute Gasteiger partial charge is 0.347 e. The van der Waals surface area contributed by atoms with E-state index in [-0.39, 0.29) is 17.4 Å². The van der Waals surface area contributed by atoms with Crippen molar-refractivity contribution in [2.75, 3.05) is 6.54 Å². The van der Waals surface area contributed by atoms with E-state index in [1.165, 1.54) is 11.5 Å². The highest BCUT2D eigenvalue weighted by Crippen LogP contribution is 2.26. The zero-order valence-corrected chi connectivity index (χ0v) is 12.8. The Balaban J connectivity index is 2.10. The molecule has 2 heterocycles. The van der Waals surface area contributed by atoms with Crippen LogP contribution >= 0.6 is 11.5 Å². The van der Waals surface area contributed by atoms with Crippen molar-refractivity contribution in [3.8, 4) is 0 Å². The predicted octanol–water partition coefficient (Wildman–Crippen LogP) is 1.71. The number of amides is 1. The van der Waals surface area contributed by atoms with Gasteiger partial charge in [0.15, 0.2) is 0 Å². The van der Waals surface area contributed by atoms with Gasteiger partial charge in [0.05, 0.1) is 5.69 Å². The van der Waals surface area contributed by atoms with Crippen LogP contribution in [0.3, 0.4) is 0 Å². The Morgan fingerprint density at radius 2 is 2.21 bits per heavy atom.